The molecule has 0 bridgehead atoms. The van der Waals surface area contributed by atoms with Crippen molar-refractivity contribution in [2.24, 2.45) is 0 Å². The number of rotatable bonds is 2. The molecule has 0 fully saturated rings. The summed E-state index contributed by atoms with van der Waals surface area (Å²) in [7, 11) is 0. The standard InChI is InChI=1S/C13H13F3N2O/c1-7-8(2)18-11-4-3-9(5-10(11)12(7)17)19-6-13(14,15)16/h3-5H,6H2,1-2H3,(H2,17,18). The molecule has 0 saturated carbocycles. The van der Waals surface area contributed by atoms with E-state index < -0.39 is 12.8 Å². The molecule has 19 heavy (non-hydrogen) atoms. The number of alkyl halides is 3. The number of nitrogen functional groups attached to an aromatic ring is 1. The molecule has 0 aliphatic rings. The first kappa shape index (κ1) is 13.5. The quantitative estimate of drug-likeness (QED) is 0.910. The van der Waals surface area contributed by atoms with E-state index in [1.54, 1.807) is 6.07 Å². The molecule has 0 aliphatic carbocycles. The maximum atomic E-state index is 12.1. The first-order chi connectivity index (χ1) is 8.78. The summed E-state index contributed by atoms with van der Waals surface area (Å²) >= 11 is 0. The molecule has 3 nitrogen and oxygen atoms in total. The van der Waals surface area contributed by atoms with Crippen LogP contribution in [0, 0.1) is 13.8 Å². The molecule has 1 aromatic carbocycles. The Morgan fingerprint density at radius 1 is 1.26 bits per heavy atom. The zero-order valence-electron chi connectivity index (χ0n) is 10.5. The van der Waals surface area contributed by atoms with Crippen molar-refractivity contribution < 1.29 is 17.9 Å². The van der Waals surface area contributed by atoms with Gasteiger partial charge in [-0.05, 0) is 37.6 Å². The highest BCUT2D eigenvalue weighted by molar-refractivity contribution is 5.93. The molecule has 0 aliphatic heterocycles. The van der Waals surface area contributed by atoms with E-state index in [0.717, 1.165) is 11.3 Å². The fraction of sp³-hybridized carbons (Fsp3) is 0.308. The summed E-state index contributed by atoms with van der Waals surface area (Å²) in [6.45, 7) is 2.33. The van der Waals surface area contributed by atoms with Gasteiger partial charge in [0.15, 0.2) is 6.61 Å². The van der Waals surface area contributed by atoms with Crippen molar-refractivity contribution in [1.82, 2.24) is 4.98 Å². The zero-order valence-corrected chi connectivity index (χ0v) is 10.5. The van der Waals surface area contributed by atoms with Gasteiger partial charge in [0.1, 0.15) is 5.75 Å². The molecule has 6 heteroatoms. The summed E-state index contributed by atoms with van der Waals surface area (Å²) in [5.74, 6) is 0.126. The third kappa shape index (κ3) is 2.89. The fourth-order valence-electron chi connectivity index (χ4n) is 1.74. The van der Waals surface area contributed by atoms with E-state index in [2.05, 4.69) is 4.98 Å². The first-order valence-corrected chi connectivity index (χ1v) is 5.64. The van der Waals surface area contributed by atoms with E-state index in [1.807, 2.05) is 13.8 Å². The van der Waals surface area contributed by atoms with Crippen molar-refractivity contribution in [3.63, 3.8) is 0 Å². The molecule has 2 rings (SSSR count). The second kappa shape index (κ2) is 4.60. The van der Waals surface area contributed by atoms with Gasteiger partial charge < -0.3 is 10.5 Å². The van der Waals surface area contributed by atoms with Crippen molar-refractivity contribution in [2.75, 3.05) is 12.3 Å². The largest absolute Gasteiger partial charge is 0.484 e. The molecule has 0 unspecified atom stereocenters. The number of hydrogen-bond acceptors (Lipinski definition) is 3. The lowest BCUT2D eigenvalue weighted by atomic mass is 10.1. The summed E-state index contributed by atoms with van der Waals surface area (Å²) in [6.07, 6.45) is -4.36. The van der Waals surface area contributed by atoms with Gasteiger partial charge >= 0.3 is 6.18 Å². The minimum Gasteiger partial charge on any atom is -0.484 e. The van der Waals surface area contributed by atoms with Crippen molar-refractivity contribution >= 4 is 16.6 Å². The molecular weight excluding hydrogens is 257 g/mol. The van der Waals surface area contributed by atoms with Crippen LogP contribution in [0.4, 0.5) is 18.9 Å². The van der Waals surface area contributed by atoms with Crippen molar-refractivity contribution in [2.45, 2.75) is 20.0 Å². The van der Waals surface area contributed by atoms with E-state index >= 15 is 0 Å². The molecule has 0 spiro atoms. The Labute approximate surface area is 108 Å². The van der Waals surface area contributed by atoms with Crippen LogP contribution in [0.3, 0.4) is 0 Å². The van der Waals surface area contributed by atoms with Crippen molar-refractivity contribution in [1.29, 1.82) is 0 Å². The van der Waals surface area contributed by atoms with Crippen LogP contribution in [-0.2, 0) is 0 Å². The Kier molecular flexibility index (Phi) is 3.26. The van der Waals surface area contributed by atoms with Crippen molar-refractivity contribution in [3.05, 3.63) is 29.5 Å². The normalized spacial score (nSPS) is 11.8. The molecular formula is C13H13F3N2O. The van der Waals surface area contributed by atoms with Crippen LogP contribution in [0.15, 0.2) is 18.2 Å². The number of hydrogen-bond donors (Lipinski definition) is 1. The van der Waals surface area contributed by atoms with E-state index in [-0.39, 0.29) is 5.75 Å². The molecule has 0 amide bonds. The minimum atomic E-state index is -4.36. The van der Waals surface area contributed by atoms with Gasteiger partial charge in [0.2, 0.25) is 0 Å². The van der Waals surface area contributed by atoms with Crippen molar-refractivity contribution in [3.8, 4) is 5.75 Å². The number of nitrogens with zero attached hydrogens (tertiary/aromatic N) is 1. The van der Waals surface area contributed by atoms with E-state index in [4.69, 9.17) is 10.5 Å². The second-order valence-corrected chi connectivity index (χ2v) is 4.32. The smallest absolute Gasteiger partial charge is 0.422 e. The van der Waals surface area contributed by atoms with Gasteiger partial charge in [0.25, 0.3) is 0 Å². The van der Waals surface area contributed by atoms with Gasteiger partial charge in [-0.15, -0.1) is 0 Å². The van der Waals surface area contributed by atoms with Gasteiger partial charge in [-0.2, -0.15) is 13.2 Å². The average Bonchev–Trinajstić information content (AvgIpc) is 2.33. The van der Waals surface area contributed by atoms with Gasteiger partial charge in [-0.3, -0.25) is 4.98 Å². The molecule has 1 aromatic heterocycles. The van der Waals surface area contributed by atoms with Gasteiger partial charge in [0.05, 0.1) is 5.52 Å². The second-order valence-electron chi connectivity index (χ2n) is 4.32. The fourth-order valence-corrected chi connectivity index (χ4v) is 1.74. The van der Waals surface area contributed by atoms with Crippen LogP contribution in [0.5, 0.6) is 5.75 Å². The summed E-state index contributed by atoms with van der Waals surface area (Å²) in [6, 6.07) is 4.54. The number of benzene rings is 1. The highest BCUT2D eigenvalue weighted by Gasteiger charge is 2.28. The van der Waals surface area contributed by atoms with E-state index in [9.17, 15) is 13.2 Å². The Bertz CT molecular complexity index is 623. The summed E-state index contributed by atoms with van der Waals surface area (Å²) in [4.78, 5) is 4.33. The lowest BCUT2D eigenvalue weighted by molar-refractivity contribution is -0.153. The zero-order chi connectivity index (χ0) is 14.2. The molecule has 102 valence electrons. The van der Waals surface area contributed by atoms with Crippen LogP contribution >= 0.6 is 0 Å². The van der Waals surface area contributed by atoms with Crippen LogP contribution in [0.1, 0.15) is 11.3 Å². The number of halogens is 3. The number of nitrogens with two attached hydrogens (primary N) is 1. The number of fused-ring (bicyclic) bond motifs is 1. The average molecular weight is 270 g/mol. The van der Waals surface area contributed by atoms with Gasteiger partial charge in [-0.25, -0.2) is 0 Å². The predicted molar refractivity (Wildman–Crippen MR) is 67.2 cm³/mol. The monoisotopic (exact) mass is 270 g/mol. The molecule has 2 N–H and O–H groups in total. The molecule has 1 heterocycles. The Morgan fingerprint density at radius 2 is 1.95 bits per heavy atom. The summed E-state index contributed by atoms with van der Waals surface area (Å²) < 4.78 is 41.0. The molecule has 0 radical (unpaired) electrons. The number of pyridine rings is 1. The Balaban J connectivity index is 2.40. The van der Waals surface area contributed by atoms with E-state index in [1.165, 1.54) is 12.1 Å². The molecule has 0 atom stereocenters. The number of aryl methyl sites for hydroxylation is 1. The van der Waals surface area contributed by atoms with Crippen LogP contribution < -0.4 is 10.5 Å². The lowest BCUT2D eigenvalue weighted by Crippen LogP contribution is -2.19. The third-order valence-electron chi connectivity index (χ3n) is 2.90. The van der Waals surface area contributed by atoms with Gasteiger partial charge in [0, 0.05) is 16.8 Å². The number of ether oxygens (including phenoxy) is 1. The van der Waals surface area contributed by atoms with E-state index in [0.29, 0.717) is 16.6 Å². The lowest BCUT2D eigenvalue weighted by Gasteiger charge is -2.12. The maximum absolute atomic E-state index is 12.1. The van der Waals surface area contributed by atoms with Crippen LogP contribution in [0.25, 0.3) is 10.9 Å². The summed E-state index contributed by atoms with van der Waals surface area (Å²) in [5.41, 5.74) is 8.72. The van der Waals surface area contributed by atoms with Crippen LogP contribution in [-0.4, -0.2) is 17.8 Å². The highest BCUT2D eigenvalue weighted by Crippen LogP contribution is 2.29. The number of anilines is 1. The Morgan fingerprint density at radius 3 is 2.58 bits per heavy atom. The first-order valence-electron chi connectivity index (χ1n) is 5.64. The summed E-state index contributed by atoms with van der Waals surface area (Å²) in [5, 5.41) is 0.600. The topological polar surface area (TPSA) is 48.1 Å². The molecule has 2 aromatic rings. The predicted octanol–water partition coefficient (Wildman–Crippen LogP) is 3.37. The SMILES string of the molecule is Cc1nc2ccc(OCC(F)(F)F)cc2c(N)c1C. The maximum Gasteiger partial charge on any atom is 0.422 e. The third-order valence-corrected chi connectivity index (χ3v) is 2.90. The highest BCUT2D eigenvalue weighted by atomic mass is 19.4. The Hall–Kier alpha value is -1.98. The number of aromatic nitrogens is 1. The van der Waals surface area contributed by atoms with Crippen LogP contribution in [0.2, 0.25) is 0 Å². The minimum absolute atomic E-state index is 0.126. The van der Waals surface area contributed by atoms with Gasteiger partial charge in [-0.1, -0.05) is 0 Å². The molecule has 0 saturated heterocycles.